The number of unbranched alkanes of at least 4 members (excludes halogenated alkanes) is 9. The van der Waals surface area contributed by atoms with E-state index in [9.17, 15) is 0 Å². The molecular weight excluding hydrogens is 272 g/mol. The van der Waals surface area contributed by atoms with Crippen LogP contribution in [0.1, 0.15) is 104 Å². The summed E-state index contributed by atoms with van der Waals surface area (Å²) in [7, 11) is 3.63. The molecule has 0 aromatic rings. The van der Waals surface area contributed by atoms with Crippen LogP contribution in [0.5, 0.6) is 0 Å². The van der Waals surface area contributed by atoms with Crippen molar-refractivity contribution in [3.8, 4) is 0 Å². The van der Waals surface area contributed by atoms with Gasteiger partial charge in [0.25, 0.3) is 0 Å². The fraction of sp³-hybridized carbons (Fsp3) is 1.00. The molecule has 2 nitrogen and oxygen atoms in total. The van der Waals surface area contributed by atoms with Gasteiger partial charge in [-0.05, 0) is 12.8 Å². The number of rotatable bonds is 16. The maximum Gasteiger partial charge on any atom is 0.170 e. The lowest BCUT2D eigenvalue weighted by Crippen LogP contribution is -2.40. The molecular formula is C20H42O2. The molecule has 134 valence electrons. The van der Waals surface area contributed by atoms with Gasteiger partial charge in [-0.25, -0.2) is 0 Å². The van der Waals surface area contributed by atoms with Gasteiger partial charge >= 0.3 is 0 Å². The van der Waals surface area contributed by atoms with E-state index in [1.165, 1.54) is 77.0 Å². The quantitative estimate of drug-likeness (QED) is 0.232. The summed E-state index contributed by atoms with van der Waals surface area (Å²) in [6, 6.07) is 0. The zero-order valence-electron chi connectivity index (χ0n) is 16.1. The molecule has 0 aliphatic heterocycles. The number of ether oxygens (including phenoxy) is 2. The van der Waals surface area contributed by atoms with Crippen LogP contribution in [0, 0.1) is 5.92 Å². The largest absolute Gasteiger partial charge is 0.353 e. The Morgan fingerprint density at radius 3 is 1.64 bits per heavy atom. The highest BCUT2D eigenvalue weighted by Gasteiger charge is 2.35. The molecule has 0 fully saturated rings. The molecule has 0 rings (SSSR count). The van der Waals surface area contributed by atoms with Gasteiger partial charge in [-0.2, -0.15) is 0 Å². The normalized spacial score (nSPS) is 13.5. The number of hydrogen-bond donors (Lipinski definition) is 0. The number of methoxy groups -OCH3 is 2. The summed E-state index contributed by atoms with van der Waals surface area (Å²) in [5, 5.41) is 0. The third-order valence-corrected chi connectivity index (χ3v) is 5.06. The monoisotopic (exact) mass is 314 g/mol. The Morgan fingerprint density at radius 1 is 0.682 bits per heavy atom. The summed E-state index contributed by atoms with van der Waals surface area (Å²) in [4.78, 5) is 0. The Hall–Kier alpha value is -0.0800. The van der Waals surface area contributed by atoms with Gasteiger partial charge < -0.3 is 9.47 Å². The van der Waals surface area contributed by atoms with Crippen molar-refractivity contribution in [3.63, 3.8) is 0 Å². The smallest absolute Gasteiger partial charge is 0.170 e. The molecule has 0 aliphatic rings. The van der Waals surface area contributed by atoms with Gasteiger partial charge in [-0.15, -0.1) is 0 Å². The molecule has 0 saturated heterocycles. The van der Waals surface area contributed by atoms with E-state index in [2.05, 4.69) is 20.8 Å². The summed E-state index contributed by atoms with van der Waals surface area (Å²) in [6.45, 7) is 6.83. The Morgan fingerprint density at radius 2 is 1.14 bits per heavy atom. The van der Waals surface area contributed by atoms with Crippen LogP contribution in [0.15, 0.2) is 0 Å². The molecule has 0 radical (unpaired) electrons. The van der Waals surface area contributed by atoms with Crippen LogP contribution >= 0.6 is 0 Å². The molecule has 0 heterocycles. The highest BCUT2D eigenvalue weighted by Crippen LogP contribution is 2.32. The summed E-state index contributed by atoms with van der Waals surface area (Å²) >= 11 is 0. The molecule has 0 aromatic carbocycles. The van der Waals surface area contributed by atoms with E-state index in [-0.39, 0.29) is 5.79 Å². The van der Waals surface area contributed by atoms with Gasteiger partial charge in [0.2, 0.25) is 0 Å². The van der Waals surface area contributed by atoms with E-state index in [0.29, 0.717) is 5.92 Å². The second-order valence-electron chi connectivity index (χ2n) is 6.84. The van der Waals surface area contributed by atoms with E-state index in [1.807, 2.05) is 14.2 Å². The Labute approximate surface area is 140 Å². The Balaban J connectivity index is 4.04. The molecule has 0 amide bonds. The van der Waals surface area contributed by atoms with Gasteiger partial charge in [0.15, 0.2) is 5.79 Å². The van der Waals surface area contributed by atoms with Crippen LogP contribution in [0.4, 0.5) is 0 Å². The SMILES string of the molecule is CCCCCCCCC(C)C(CCCCCCC)(OC)OC. The van der Waals surface area contributed by atoms with Crippen molar-refractivity contribution in [1.82, 2.24) is 0 Å². The molecule has 0 aromatic heterocycles. The summed E-state index contributed by atoms with van der Waals surface area (Å²) in [5.41, 5.74) is 0. The summed E-state index contributed by atoms with van der Waals surface area (Å²) in [5.74, 6) is 0.107. The first-order valence-corrected chi connectivity index (χ1v) is 9.77. The minimum atomic E-state index is -0.365. The second-order valence-corrected chi connectivity index (χ2v) is 6.84. The fourth-order valence-electron chi connectivity index (χ4n) is 3.36. The van der Waals surface area contributed by atoms with Crippen LogP contribution in [-0.4, -0.2) is 20.0 Å². The topological polar surface area (TPSA) is 18.5 Å². The maximum absolute atomic E-state index is 5.83. The molecule has 22 heavy (non-hydrogen) atoms. The van der Waals surface area contributed by atoms with Gasteiger partial charge in [0.1, 0.15) is 0 Å². The molecule has 0 bridgehead atoms. The lowest BCUT2D eigenvalue weighted by atomic mass is 9.89. The molecule has 0 spiro atoms. The lowest BCUT2D eigenvalue weighted by molar-refractivity contribution is -0.242. The third kappa shape index (κ3) is 9.15. The highest BCUT2D eigenvalue weighted by atomic mass is 16.7. The average Bonchev–Trinajstić information content (AvgIpc) is 2.54. The second kappa shape index (κ2) is 14.5. The van der Waals surface area contributed by atoms with Crippen LogP contribution in [0.25, 0.3) is 0 Å². The summed E-state index contributed by atoms with van der Waals surface area (Å²) < 4.78 is 11.7. The van der Waals surface area contributed by atoms with Gasteiger partial charge in [-0.3, -0.25) is 0 Å². The lowest BCUT2D eigenvalue weighted by Gasteiger charge is -2.37. The highest BCUT2D eigenvalue weighted by molar-refractivity contribution is 4.76. The predicted molar refractivity (Wildman–Crippen MR) is 97.3 cm³/mol. The molecule has 2 heteroatoms. The zero-order valence-corrected chi connectivity index (χ0v) is 16.1. The minimum Gasteiger partial charge on any atom is -0.353 e. The Kier molecular flexibility index (Phi) is 14.5. The van der Waals surface area contributed by atoms with Crippen LogP contribution in [-0.2, 0) is 9.47 Å². The first-order chi connectivity index (χ1) is 10.7. The van der Waals surface area contributed by atoms with Crippen LogP contribution in [0.3, 0.4) is 0 Å². The fourth-order valence-corrected chi connectivity index (χ4v) is 3.36. The van der Waals surface area contributed by atoms with Crippen molar-refractivity contribution in [3.05, 3.63) is 0 Å². The zero-order chi connectivity index (χ0) is 16.7. The molecule has 1 unspecified atom stereocenters. The van der Waals surface area contributed by atoms with E-state index in [4.69, 9.17) is 9.47 Å². The average molecular weight is 315 g/mol. The van der Waals surface area contributed by atoms with Crippen LogP contribution < -0.4 is 0 Å². The minimum absolute atomic E-state index is 0.365. The van der Waals surface area contributed by atoms with Crippen molar-refractivity contribution >= 4 is 0 Å². The third-order valence-electron chi connectivity index (χ3n) is 5.06. The van der Waals surface area contributed by atoms with E-state index in [1.54, 1.807) is 0 Å². The van der Waals surface area contributed by atoms with Gasteiger partial charge in [-0.1, -0.05) is 85.0 Å². The van der Waals surface area contributed by atoms with E-state index in [0.717, 1.165) is 6.42 Å². The van der Waals surface area contributed by atoms with Crippen molar-refractivity contribution in [1.29, 1.82) is 0 Å². The standard InChI is InChI=1S/C20H42O2/c1-6-8-10-12-13-15-17-19(3)20(21-4,22-5)18-16-14-11-9-7-2/h19H,6-18H2,1-5H3. The maximum atomic E-state index is 5.83. The Bertz CT molecular complexity index is 224. The van der Waals surface area contributed by atoms with Crippen molar-refractivity contribution < 1.29 is 9.47 Å². The number of hydrogen-bond acceptors (Lipinski definition) is 2. The van der Waals surface area contributed by atoms with E-state index < -0.39 is 0 Å². The van der Waals surface area contributed by atoms with Crippen molar-refractivity contribution in [2.24, 2.45) is 5.92 Å². The van der Waals surface area contributed by atoms with Crippen molar-refractivity contribution in [2.45, 2.75) is 110 Å². The van der Waals surface area contributed by atoms with E-state index >= 15 is 0 Å². The molecule has 0 saturated carbocycles. The first kappa shape index (κ1) is 21.9. The molecule has 0 aliphatic carbocycles. The van der Waals surface area contributed by atoms with Crippen molar-refractivity contribution in [2.75, 3.05) is 14.2 Å². The molecule has 0 N–H and O–H groups in total. The predicted octanol–water partition coefficient (Wildman–Crippen LogP) is 6.72. The van der Waals surface area contributed by atoms with Gasteiger partial charge in [0.05, 0.1) is 0 Å². The van der Waals surface area contributed by atoms with Gasteiger partial charge in [0, 0.05) is 26.6 Å². The summed E-state index contributed by atoms with van der Waals surface area (Å²) in [6.07, 6.45) is 16.9. The molecule has 1 atom stereocenters. The first-order valence-electron chi connectivity index (χ1n) is 9.77. The van der Waals surface area contributed by atoms with Crippen LogP contribution in [0.2, 0.25) is 0 Å².